The molecule has 22 valence electrons. The molecule has 4 heavy (non-hydrogen) atoms. The largest absolute Gasteiger partial charge is 0.290 e. The van der Waals surface area contributed by atoms with E-state index in [0.717, 1.165) is 6.34 Å². The Labute approximate surface area is 24.7 Å². The van der Waals surface area contributed by atoms with Gasteiger partial charge in [-0.05, 0) is 6.72 Å². The van der Waals surface area contributed by atoms with Gasteiger partial charge in [0.25, 0.3) is 0 Å². The minimum absolute atomic E-state index is 0.889. The van der Waals surface area contributed by atoms with E-state index in [0.29, 0.717) is 0 Å². The van der Waals surface area contributed by atoms with Crippen molar-refractivity contribution in [2.75, 3.05) is 0 Å². The second-order valence-electron chi connectivity index (χ2n) is 0.312. The Balaban J connectivity index is 2.73. The fourth-order valence-corrected chi connectivity index (χ4v) is 0. The molecule has 0 radical (unpaired) electrons. The van der Waals surface area contributed by atoms with E-state index in [2.05, 4.69) is 11.7 Å². The molecule has 0 aliphatic carbocycles. The maximum absolute atomic E-state index is 6.10. The van der Waals surface area contributed by atoms with Crippen LogP contribution in [0, 0.1) is 5.41 Å². The summed E-state index contributed by atoms with van der Waals surface area (Å²) in [5, 5.41) is 6.10. The van der Waals surface area contributed by atoms with Crippen LogP contribution in [0.4, 0.5) is 0 Å². The van der Waals surface area contributed by atoms with Crippen molar-refractivity contribution >= 4 is 13.1 Å². The van der Waals surface area contributed by atoms with Gasteiger partial charge in [-0.2, -0.15) is 0 Å². The highest BCUT2D eigenvalue weighted by Gasteiger charge is 1.29. The van der Waals surface area contributed by atoms with Crippen LogP contribution in [0.1, 0.15) is 0 Å². The summed E-state index contributed by atoms with van der Waals surface area (Å²) in [4.78, 5) is 3.03. The summed E-state index contributed by atoms with van der Waals surface area (Å²) in [7, 11) is 0. The number of aliphatic imine (C=N–C) groups is 1. The summed E-state index contributed by atoms with van der Waals surface area (Å²) in [6.45, 7) is 2.99. The fourth-order valence-electron chi connectivity index (χ4n) is 0. The summed E-state index contributed by atoms with van der Waals surface area (Å²) >= 11 is 0. The fraction of sp³-hybridized carbons (Fsp3) is 0. The topological polar surface area (TPSA) is 36.2 Å². The Hall–Kier alpha value is -0.660. The molecule has 0 aliphatic rings. The molecule has 0 aromatic carbocycles. The summed E-state index contributed by atoms with van der Waals surface area (Å²) in [6.07, 6.45) is 0.889. The molecule has 0 rings (SSSR count). The number of hydrogen-bond donors (Lipinski definition) is 1. The van der Waals surface area contributed by atoms with Crippen LogP contribution in [-0.2, 0) is 0 Å². The van der Waals surface area contributed by atoms with E-state index in [-0.39, 0.29) is 0 Å². The molecular formula is C2H4N2. The van der Waals surface area contributed by atoms with Crippen molar-refractivity contribution < 1.29 is 0 Å². The molecule has 0 bridgehead atoms. The van der Waals surface area contributed by atoms with Crippen LogP contribution in [0.3, 0.4) is 0 Å². The number of hydrogen-bond acceptors (Lipinski definition) is 1. The average Bonchev–Trinajstić information content (AvgIpc) is 1.37. The smallest absolute Gasteiger partial charge is 0.106 e. The molecule has 0 saturated heterocycles. The van der Waals surface area contributed by atoms with Crippen LogP contribution >= 0.6 is 0 Å². The van der Waals surface area contributed by atoms with Crippen LogP contribution in [0.5, 0.6) is 0 Å². The maximum Gasteiger partial charge on any atom is 0.106 e. The molecule has 0 unspecified atom stereocenters. The lowest BCUT2D eigenvalue weighted by Gasteiger charge is -1.47. The quantitative estimate of drug-likeness (QED) is 0.331. The van der Waals surface area contributed by atoms with Crippen molar-refractivity contribution in [3.8, 4) is 0 Å². The van der Waals surface area contributed by atoms with Crippen molar-refractivity contribution in [3.05, 3.63) is 0 Å². The maximum atomic E-state index is 6.10. The third kappa shape index (κ3) is 1.34. The van der Waals surface area contributed by atoms with Crippen LogP contribution < -0.4 is 0 Å². The average molecular weight is 56.1 g/mol. The van der Waals surface area contributed by atoms with E-state index in [1.165, 1.54) is 0 Å². The molecule has 0 fully saturated rings. The summed E-state index contributed by atoms with van der Waals surface area (Å²) in [6, 6.07) is 0. The third-order valence-corrected chi connectivity index (χ3v) is 0.0913. The Morgan fingerprint density at radius 3 is 2.25 bits per heavy atom. The second kappa shape index (κ2) is 2.34. The van der Waals surface area contributed by atoms with Crippen molar-refractivity contribution in [2.24, 2.45) is 4.99 Å². The molecule has 2 heteroatoms. The number of nitrogens with one attached hydrogen (secondary N) is 1. The van der Waals surface area contributed by atoms with Gasteiger partial charge in [0, 0.05) is 0 Å². The molecule has 2 nitrogen and oxygen atoms in total. The second-order valence-corrected chi connectivity index (χ2v) is 0.312. The van der Waals surface area contributed by atoms with Crippen LogP contribution in [0.15, 0.2) is 4.99 Å². The van der Waals surface area contributed by atoms with Gasteiger partial charge in [-0.15, -0.1) is 0 Å². The zero-order chi connectivity index (χ0) is 3.41. The van der Waals surface area contributed by atoms with Crippen LogP contribution in [0.25, 0.3) is 0 Å². The molecule has 0 heterocycles. The first-order valence-electron chi connectivity index (χ1n) is 0.863. The Kier molecular flexibility index (Phi) is 1.95. The Morgan fingerprint density at radius 2 is 2.25 bits per heavy atom. The molecule has 0 saturated carbocycles. The summed E-state index contributed by atoms with van der Waals surface area (Å²) < 4.78 is 0. The van der Waals surface area contributed by atoms with Gasteiger partial charge in [0.05, 0.1) is 0 Å². The molecule has 1 N–H and O–H groups in total. The van der Waals surface area contributed by atoms with Crippen molar-refractivity contribution in [2.45, 2.75) is 0 Å². The van der Waals surface area contributed by atoms with Gasteiger partial charge in [-0.3, -0.25) is 10.4 Å². The zero-order valence-corrected chi connectivity index (χ0v) is 2.23. The predicted molar refractivity (Wildman–Crippen MR) is 18.3 cm³/mol. The van der Waals surface area contributed by atoms with Gasteiger partial charge in [0.15, 0.2) is 0 Å². The van der Waals surface area contributed by atoms with E-state index < -0.39 is 0 Å². The first-order chi connectivity index (χ1) is 1.91. The van der Waals surface area contributed by atoms with Gasteiger partial charge in [-0.1, -0.05) is 0 Å². The zero-order valence-electron chi connectivity index (χ0n) is 2.23. The number of nitrogens with zero attached hydrogens (tertiary/aromatic N) is 1. The minimum Gasteiger partial charge on any atom is -0.290 e. The lowest BCUT2D eigenvalue weighted by Crippen LogP contribution is -1.44. The first-order valence-corrected chi connectivity index (χ1v) is 0.863. The molecule has 0 atom stereocenters. The van der Waals surface area contributed by atoms with Gasteiger partial charge in [0.1, 0.15) is 6.34 Å². The lowest BCUT2D eigenvalue weighted by atomic mass is 11.3. The lowest BCUT2D eigenvalue weighted by molar-refractivity contribution is 1.53. The summed E-state index contributed by atoms with van der Waals surface area (Å²) in [5.41, 5.74) is 0. The molecule has 0 spiro atoms. The van der Waals surface area contributed by atoms with Gasteiger partial charge < -0.3 is 0 Å². The van der Waals surface area contributed by atoms with Gasteiger partial charge in [-0.25, -0.2) is 0 Å². The van der Waals surface area contributed by atoms with E-state index in [9.17, 15) is 0 Å². The first kappa shape index (κ1) is 3.34. The third-order valence-electron chi connectivity index (χ3n) is 0.0913. The standard InChI is InChI=1S/C2H4N2/c1-4-2-3/h2-3H,1H2. The molecule has 0 aromatic heterocycles. The minimum atomic E-state index is 0.889. The van der Waals surface area contributed by atoms with E-state index in [4.69, 9.17) is 5.41 Å². The van der Waals surface area contributed by atoms with Gasteiger partial charge >= 0.3 is 0 Å². The SMILES string of the molecule is C=NC=N. The van der Waals surface area contributed by atoms with Crippen LogP contribution in [-0.4, -0.2) is 13.1 Å². The molecule has 0 amide bonds. The van der Waals surface area contributed by atoms with Crippen molar-refractivity contribution in [1.29, 1.82) is 5.41 Å². The Bertz CT molecular complexity index is 25.0. The predicted octanol–water partition coefficient (Wildman–Crippen LogP) is 0.294. The van der Waals surface area contributed by atoms with E-state index in [1.807, 2.05) is 0 Å². The van der Waals surface area contributed by atoms with E-state index >= 15 is 0 Å². The molecule has 0 aromatic rings. The van der Waals surface area contributed by atoms with Gasteiger partial charge in [0.2, 0.25) is 0 Å². The Morgan fingerprint density at radius 1 is 2.00 bits per heavy atom. The normalized spacial score (nSPS) is 5.00. The molecule has 0 aliphatic heterocycles. The highest BCUT2D eigenvalue weighted by Crippen LogP contribution is 1.33. The number of rotatable bonds is 1. The monoisotopic (exact) mass is 56.0 g/mol. The van der Waals surface area contributed by atoms with Crippen molar-refractivity contribution in [1.82, 2.24) is 0 Å². The van der Waals surface area contributed by atoms with Crippen molar-refractivity contribution in [3.63, 3.8) is 0 Å². The summed E-state index contributed by atoms with van der Waals surface area (Å²) in [5.74, 6) is 0. The van der Waals surface area contributed by atoms with Crippen LogP contribution in [0.2, 0.25) is 0 Å². The highest BCUT2D eigenvalue weighted by molar-refractivity contribution is 5.58. The highest BCUT2D eigenvalue weighted by atomic mass is 14.7. The molecular weight excluding hydrogens is 52.0 g/mol. The van der Waals surface area contributed by atoms with E-state index in [1.54, 1.807) is 0 Å².